The van der Waals surface area contributed by atoms with E-state index in [1.807, 2.05) is 4.68 Å². The van der Waals surface area contributed by atoms with Crippen LogP contribution in [0.1, 0.15) is 48.3 Å². The van der Waals surface area contributed by atoms with Crippen molar-refractivity contribution >= 4 is 11.6 Å². The quantitative estimate of drug-likeness (QED) is 0.926. The first kappa shape index (κ1) is 15.1. The van der Waals surface area contributed by atoms with Gasteiger partial charge in [-0.05, 0) is 45.2 Å². The number of hydrogen-bond acceptors (Lipinski definition) is 2. The number of hydrogen-bond donors (Lipinski definition) is 1. The van der Waals surface area contributed by atoms with Crippen molar-refractivity contribution in [3.05, 3.63) is 51.8 Å². The van der Waals surface area contributed by atoms with Crippen molar-refractivity contribution in [3.8, 4) is 0 Å². The van der Waals surface area contributed by atoms with E-state index >= 15 is 0 Å². The summed E-state index contributed by atoms with van der Waals surface area (Å²) in [5.74, 6) is 0. The molecule has 0 bridgehead atoms. The van der Waals surface area contributed by atoms with Crippen molar-refractivity contribution in [2.45, 2.75) is 46.2 Å². The van der Waals surface area contributed by atoms with Crippen LogP contribution in [0.5, 0.6) is 0 Å². The Bertz CT molecular complexity index is 602. The predicted octanol–water partition coefficient (Wildman–Crippen LogP) is 3.98. The lowest BCUT2D eigenvalue weighted by atomic mass is 9.98. The molecule has 4 heteroatoms. The normalized spacial score (nSPS) is 12.9. The SMILES string of the molecule is Cc1ccc(C)c(CC(N)c2c(Cl)cnn2C(C)C)c1. The molecule has 1 heterocycles. The second-order valence-corrected chi connectivity index (χ2v) is 6.06. The average Bonchev–Trinajstić information content (AvgIpc) is 2.76. The van der Waals surface area contributed by atoms with Crippen LogP contribution in [0.2, 0.25) is 5.02 Å². The molecular formula is C16H22ClN3. The molecule has 0 saturated carbocycles. The first-order valence-electron chi connectivity index (χ1n) is 6.94. The average molecular weight is 292 g/mol. The minimum Gasteiger partial charge on any atom is -0.322 e. The third-order valence-corrected chi connectivity index (χ3v) is 3.86. The third kappa shape index (κ3) is 3.05. The van der Waals surface area contributed by atoms with Crippen molar-refractivity contribution in [2.75, 3.05) is 0 Å². The maximum Gasteiger partial charge on any atom is 0.0834 e. The van der Waals surface area contributed by atoms with Crippen molar-refractivity contribution in [3.63, 3.8) is 0 Å². The zero-order valence-corrected chi connectivity index (χ0v) is 13.3. The summed E-state index contributed by atoms with van der Waals surface area (Å²) in [5, 5.41) is 4.97. The molecule has 1 aromatic heterocycles. The number of nitrogens with two attached hydrogens (primary N) is 1. The van der Waals surface area contributed by atoms with Crippen LogP contribution in [0.3, 0.4) is 0 Å². The molecule has 0 amide bonds. The van der Waals surface area contributed by atoms with Gasteiger partial charge >= 0.3 is 0 Å². The van der Waals surface area contributed by atoms with Gasteiger partial charge in [-0.3, -0.25) is 4.68 Å². The van der Waals surface area contributed by atoms with Gasteiger partial charge in [0.2, 0.25) is 0 Å². The molecule has 0 saturated heterocycles. The molecule has 2 aromatic rings. The Hall–Kier alpha value is -1.32. The summed E-state index contributed by atoms with van der Waals surface area (Å²) >= 11 is 6.26. The summed E-state index contributed by atoms with van der Waals surface area (Å²) in [7, 11) is 0. The molecule has 0 aliphatic rings. The van der Waals surface area contributed by atoms with Gasteiger partial charge in [0, 0.05) is 6.04 Å². The highest BCUT2D eigenvalue weighted by atomic mass is 35.5. The monoisotopic (exact) mass is 291 g/mol. The van der Waals surface area contributed by atoms with Gasteiger partial charge in [-0.15, -0.1) is 0 Å². The van der Waals surface area contributed by atoms with Crippen LogP contribution < -0.4 is 5.73 Å². The minimum absolute atomic E-state index is 0.145. The van der Waals surface area contributed by atoms with Gasteiger partial charge < -0.3 is 5.73 Å². The minimum atomic E-state index is -0.145. The molecule has 0 spiro atoms. The van der Waals surface area contributed by atoms with Crippen LogP contribution in [0.25, 0.3) is 0 Å². The lowest BCUT2D eigenvalue weighted by Gasteiger charge is -2.18. The second-order valence-electron chi connectivity index (χ2n) is 5.66. The molecule has 2 rings (SSSR count). The lowest BCUT2D eigenvalue weighted by Crippen LogP contribution is -2.20. The molecule has 1 aromatic carbocycles. The summed E-state index contributed by atoms with van der Waals surface area (Å²) in [4.78, 5) is 0. The number of rotatable bonds is 4. The van der Waals surface area contributed by atoms with Gasteiger partial charge in [0.05, 0.1) is 23.0 Å². The molecule has 0 fully saturated rings. The van der Waals surface area contributed by atoms with Gasteiger partial charge in [-0.2, -0.15) is 5.10 Å². The van der Waals surface area contributed by atoms with Gasteiger partial charge in [0.1, 0.15) is 0 Å². The lowest BCUT2D eigenvalue weighted by molar-refractivity contribution is 0.485. The molecule has 0 radical (unpaired) electrons. The predicted molar refractivity (Wildman–Crippen MR) is 84.2 cm³/mol. The second kappa shape index (κ2) is 5.98. The fourth-order valence-corrected chi connectivity index (χ4v) is 2.73. The summed E-state index contributed by atoms with van der Waals surface area (Å²) in [6, 6.07) is 6.56. The smallest absolute Gasteiger partial charge is 0.0834 e. The van der Waals surface area contributed by atoms with Gasteiger partial charge in [0.15, 0.2) is 0 Å². The zero-order chi connectivity index (χ0) is 14.9. The Kier molecular flexibility index (Phi) is 4.51. The number of aryl methyl sites for hydroxylation is 2. The maximum absolute atomic E-state index is 6.38. The van der Waals surface area contributed by atoms with Crippen LogP contribution in [-0.2, 0) is 6.42 Å². The highest BCUT2D eigenvalue weighted by Crippen LogP contribution is 2.27. The van der Waals surface area contributed by atoms with Crippen molar-refractivity contribution in [1.29, 1.82) is 0 Å². The van der Waals surface area contributed by atoms with E-state index in [0.29, 0.717) is 5.02 Å². The van der Waals surface area contributed by atoms with E-state index in [9.17, 15) is 0 Å². The number of aromatic nitrogens is 2. The molecule has 3 nitrogen and oxygen atoms in total. The Balaban J connectivity index is 2.30. The molecule has 1 atom stereocenters. The maximum atomic E-state index is 6.38. The van der Waals surface area contributed by atoms with E-state index in [2.05, 4.69) is 51.0 Å². The highest BCUT2D eigenvalue weighted by molar-refractivity contribution is 6.31. The number of nitrogens with zero attached hydrogens (tertiary/aromatic N) is 2. The molecule has 0 aliphatic heterocycles. The van der Waals surface area contributed by atoms with E-state index in [1.54, 1.807) is 6.20 Å². The number of halogens is 1. The fourth-order valence-electron chi connectivity index (χ4n) is 2.46. The molecule has 1 unspecified atom stereocenters. The van der Waals surface area contributed by atoms with Crippen LogP contribution in [0.4, 0.5) is 0 Å². The van der Waals surface area contributed by atoms with Gasteiger partial charge in [-0.25, -0.2) is 0 Å². The summed E-state index contributed by atoms with van der Waals surface area (Å²) in [6.07, 6.45) is 2.45. The molecule has 2 N–H and O–H groups in total. The van der Waals surface area contributed by atoms with Crippen LogP contribution in [0, 0.1) is 13.8 Å². The van der Waals surface area contributed by atoms with Gasteiger partial charge in [-0.1, -0.05) is 35.4 Å². The Labute approximate surface area is 125 Å². The van der Waals surface area contributed by atoms with E-state index < -0.39 is 0 Å². The summed E-state index contributed by atoms with van der Waals surface area (Å²) < 4.78 is 1.91. The van der Waals surface area contributed by atoms with Crippen LogP contribution in [0.15, 0.2) is 24.4 Å². The largest absolute Gasteiger partial charge is 0.322 e. The standard InChI is InChI=1S/C16H22ClN3/c1-10(2)20-16(14(17)9-19-20)15(18)8-13-7-11(3)5-6-12(13)4/h5-7,9-10,15H,8,18H2,1-4H3. The first-order valence-corrected chi connectivity index (χ1v) is 7.32. The fraction of sp³-hybridized carbons (Fsp3) is 0.438. The van der Waals surface area contributed by atoms with Crippen LogP contribution >= 0.6 is 11.6 Å². The van der Waals surface area contributed by atoms with Crippen molar-refractivity contribution in [1.82, 2.24) is 9.78 Å². The highest BCUT2D eigenvalue weighted by Gasteiger charge is 2.19. The van der Waals surface area contributed by atoms with Crippen LogP contribution in [-0.4, -0.2) is 9.78 Å². The van der Waals surface area contributed by atoms with Crippen molar-refractivity contribution < 1.29 is 0 Å². The topological polar surface area (TPSA) is 43.8 Å². The Morgan fingerprint density at radius 2 is 2.00 bits per heavy atom. The van der Waals surface area contributed by atoms with E-state index in [0.717, 1.165) is 12.1 Å². The van der Waals surface area contributed by atoms with E-state index in [1.165, 1.54) is 16.7 Å². The molecule has 0 aliphatic carbocycles. The Morgan fingerprint density at radius 3 is 2.65 bits per heavy atom. The van der Waals surface area contributed by atoms with Crippen molar-refractivity contribution in [2.24, 2.45) is 5.73 Å². The molecule has 108 valence electrons. The number of benzene rings is 1. The molecular weight excluding hydrogens is 270 g/mol. The zero-order valence-electron chi connectivity index (χ0n) is 12.5. The van der Waals surface area contributed by atoms with E-state index in [-0.39, 0.29) is 12.1 Å². The Morgan fingerprint density at radius 1 is 1.30 bits per heavy atom. The first-order chi connectivity index (χ1) is 9.40. The van der Waals surface area contributed by atoms with Gasteiger partial charge in [0.25, 0.3) is 0 Å². The summed E-state index contributed by atoms with van der Waals surface area (Å²) in [6.45, 7) is 8.37. The van der Waals surface area contributed by atoms with E-state index in [4.69, 9.17) is 17.3 Å². The third-order valence-electron chi connectivity index (χ3n) is 3.57. The summed E-state index contributed by atoms with van der Waals surface area (Å²) in [5.41, 5.74) is 11.1. The molecule has 20 heavy (non-hydrogen) atoms.